The summed E-state index contributed by atoms with van der Waals surface area (Å²) in [6.45, 7) is 5.71. The molecule has 0 aromatic heterocycles. The van der Waals surface area contributed by atoms with Crippen molar-refractivity contribution in [3.8, 4) is 0 Å². The van der Waals surface area contributed by atoms with Crippen molar-refractivity contribution in [2.45, 2.75) is 31.1 Å². The highest BCUT2D eigenvalue weighted by Gasteiger charge is 2.37. The first-order valence-electron chi connectivity index (χ1n) is 6.45. The molecule has 0 amide bonds. The minimum Gasteiger partial charge on any atom is -0.315 e. The molecule has 0 saturated carbocycles. The van der Waals surface area contributed by atoms with E-state index in [1.54, 1.807) is 4.31 Å². The van der Waals surface area contributed by atoms with Crippen molar-refractivity contribution in [2.75, 3.05) is 39.8 Å². The van der Waals surface area contributed by atoms with E-state index in [0.717, 1.165) is 25.9 Å². The van der Waals surface area contributed by atoms with Gasteiger partial charge in [0.15, 0.2) is 0 Å². The van der Waals surface area contributed by atoms with Crippen molar-refractivity contribution in [3.05, 3.63) is 0 Å². The van der Waals surface area contributed by atoms with Gasteiger partial charge < -0.3 is 10.2 Å². The SMILES string of the molecule is CCC1CN(S(=O)(=O)C2CCNC2)CCN1C. The van der Waals surface area contributed by atoms with Gasteiger partial charge in [0, 0.05) is 32.2 Å². The van der Waals surface area contributed by atoms with E-state index in [1.807, 2.05) is 0 Å². The molecule has 100 valence electrons. The second-order valence-electron chi connectivity index (χ2n) is 5.06. The zero-order chi connectivity index (χ0) is 12.5. The maximum absolute atomic E-state index is 12.4. The second kappa shape index (κ2) is 5.22. The molecule has 2 unspecified atom stereocenters. The van der Waals surface area contributed by atoms with Crippen molar-refractivity contribution < 1.29 is 8.42 Å². The number of likely N-dealkylation sites (N-methyl/N-ethyl adjacent to an activating group) is 1. The number of piperazine rings is 1. The van der Waals surface area contributed by atoms with Crippen molar-refractivity contribution in [1.82, 2.24) is 14.5 Å². The summed E-state index contributed by atoms with van der Waals surface area (Å²) in [4.78, 5) is 2.26. The number of nitrogens with zero attached hydrogens (tertiary/aromatic N) is 2. The molecule has 2 atom stereocenters. The Kier molecular flexibility index (Phi) is 4.07. The van der Waals surface area contributed by atoms with Gasteiger partial charge >= 0.3 is 0 Å². The minimum atomic E-state index is -3.08. The van der Waals surface area contributed by atoms with E-state index < -0.39 is 10.0 Å². The van der Waals surface area contributed by atoms with Gasteiger partial charge in [0.25, 0.3) is 0 Å². The van der Waals surface area contributed by atoms with Crippen LogP contribution >= 0.6 is 0 Å². The summed E-state index contributed by atoms with van der Waals surface area (Å²) in [5.74, 6) is 0. The predicted octanol–water partition coefficient (Wildman–Crippen LogP) is -0.296. The monoisotopic (exact) mass is 261 g/mol. The van der Waals surface area contributed by atoms with Crippen LogP contribution < -0.4 is 5.32 Å². The van der Waals surface area contributed by atoms with E-state index >= 15 is 0 Å². The van der Waals surface area contributed by atoms with Crippen molar-refractivity contribution in [2.24, 2.45) is 0 Å². The van der Waals surface area contributed by atoms with Crippen LogP contribution in [0.3, 0.4) is 0 Å². The average molecular weight is 261 g/mol. The molecule has 0 aromatic carbocycles. The molecule has 0 spiro atoms. The molecule has 6 heteroatoms. The van der Waals surface area contributed by atoms with Crippen LogP contribution in [0.15, 0.2) is 0 Å². The van der Waals surface area contributed by atoms with Crippen molar-refractivity contribution >= 4 is 10.0 Å². The maximum atomic E-state index is 12.4. The second-order valence-corrected chi connectivity index (χ2v) is 7.27. The summed E-state index contributed by atoms with van der Waals surface area (Å²) < 4.78 is 26.6. The summed E-state index contributed by atoms with van der Waals surface area (Å²) in [6.07, 6.45) is 1.76. The molecular formula is C11H23N3O2S. The van der Waals surface area contributed by atoms with Crippen LogP contribution in [-0.2, 0) is 10.0 Å². The van der Waals surface area contributed by atoms with Gasteiger partial charge in [0.1, 0.15) is 0 Å². The first kappa shape index (κ1) is 13.3. The third-order valence-electron chi connectivity index (χ3n) is 4.01. The lowest BCUT2D eigenvalue weighted by Gasteiger charge is -2.39. The number of nitrogens with one attached hydrogen (secondary N) is 1. The maximum Gasteiger partial charge on any atom is 0.218 e. The molecule has 5 nitrogen and oxygen atoms in total. The summed E-state index contributed by atoms with van der Waals surface area (Å²) in [7, 11) is -1.01. The van der Waals surface area contributed by atoms with Crippen LogP contribution in [0.1, 0.15) is 19.8 Å². The van der Waals surface area contributed by atoms with Gasteiger partial charge in [0.2, 0.25) is 10.0 Å². The van der Waals surface area contributed by atoms with Crippen LogP contribution in [0.2, 0.25) is 0 Å². The van der Waals surface area contributed by atoms with E-state index in [4.69, 9.17) is 0 Å². The number of sulfonamides is 1. The number of rotatable bonds is 3. The van der Waals surface area contributed by atoms with Crippen LogP contribution in [0.25, 0.3) is 0 Å². The molecule has 0 aliphatic carbocycles. The van der Waals surface area contributed by atoms with Gasteiger partial charge in [0.05, 0.1) is 5.25 Å². The van der Waals surface area contributed by atoms with Gasteiger partial charge in [-0.05, 0) is 26.4 Å². The lowest BCUT2D eigenvalue weighted by Crippen LogP contribution is -2.54. The topological polar surface area (TPSA) is 52.7 Å². The molecule has 2 fully saturated rings. The third kappa shape index (κ3) is 2.65. The van der Waals surface area contributed by atoms with E-state index in [2.05, 4.69) is 24.2 Å². The zero-order valence-corrected chi connectivity index (χ0v) is 11.5. The van der Waals surface area contributed by atoms with Crippen molar-refractivity contribution in [3.63, 3.8) is 0 Å². The van der Waals surface area contributed by atoms with Gasteiger partial charge in [-0.25, -0.2) is 8.42 Å². The predicted molar refractivity (Wildman–Crippen MR) is 68.5 cm³/mol. The first-order valence-corrected chi connectivity index (χ1v) is 7.96. The first-order chi connectivity index (χ1) is 8.05. The number of hydrogen-bond donors (Lipinski definition) is 1. The Balaban J connectivity index is 2.06. The van der Waals surface area contributed by atoms with Gasteiger partial charge in [-0.2, -0.15) is 4.31 Å². The molecule has 0 bridgehead atoms. The Morgan fingerprint density at radius 2 is 2.12 bits per heavy atom. The van der Waals surface area contributed by atoms with E-state index in [1.165, 1.54) is 0 Å². The van der Waals surface area contributed by atoms with Gasteiger partial charge in [-0.1, -0.05) is 6.92 Å². The fraction of sp³-hybridized carbons (Fsp3) is 1.00. The molecule has 17 heavy (non-hydrogen) atoms. The standard InChI is InChI=1S/C11H23N3O2S/c1-3-10-9-14(7-6-13(10)2)17(15,16)11-4-5-12-8-11/h10-12H,3-9H2,1-2H3. The molecule has 2 aliphatic rings. The Morgan fingerprint density at radius 1 is 1.35 bits per heavy atom. The molecule has 1 N–H and O–H groups in total. The van der Waals surface area contributed by atoms with Crippen LogP contribution in [0.4, 0.5) is 0 Å². The summed E-state index contributed by atoms with van der Waals surface area (Å²) >= 11 is 0. The highest BCUT2D eigenvalue weighted by Crippen LogP contribution is 2.20. The Bertz CT molecular complexity index is 352. The van der Waals surface area contributed by atoms with E-state index in [9.17, 15) is 8.42 Å². The number of hydrogen-bond acceptors (Lipinski definition) is 4. The smallest absolute Gasteiger partial charge is 0.218 e. The highest BCUT2D eigenvalue weighted by atomic mass is 32.2. The lowest BCUT2D eigenvalue weighted by molar-refractivity contribution is 0.143. The summed E-state index contributed by atoms with van der Waals surface area (Å²) in [6, 6.07) is 0.368. The molecule has 2 saturated heterocycles. The van der Waals surface area contributed by atoms with Gasteiger partial charge in [-0.15, -0.1) is 0 Å². The molecule has 0 radical (unpaired) electrons. The van der Waals surface area contributed by atoms with Crippen LogP contribution in [0, 0.1) is 0 Å². The summed E-state index contributed by atoms with van der Waals surface area (Å²) in [5, 5.41) is 2.93. The quantitative estimate of drug-likeness (QED) is 0.758. The highest BCUT2D eigenvalue weighted by molar-refractivity contribution is 7.89. The molecule has 2 heterocycles. The minimum absolute atomic E-state index is 0.205. The third-order valence-corrected chi connectivity index (χ3v) is 6.30. The fourth-order valence-corrected chi connectivity index (χ4v) is 4.56. The summed E-state index contributed by atoms with van der Waals surface area (Å²) in [5.41, 5.74) is 0. The van der Waals surface area contributed by atoms with Crippen LogP contribution in [-0.4, -0.2) is 68.7 Å². The Labute approximate surface area is 104 Å². The Morgan fingerprint density at radius 3 is 2.71 bits per heavy atom. The molecule has 2 rings (SSSR count). The fourth-order valence-electron chi connectivity index (χ4n) is 2.68. The van der Waals surface area contributed by atoms with Gasteiger partial charge in [-0.3, -0.25) is 0 Å². The largest absolute Gasteiger partial charge is 0.315 e. The normalized spacial score (nSPS) is 33.1. The molecular weight excluding hydrogens is 238 g/mol. The van der Waals surface area contributed by atoms with E-state index in [0.29, 0.717) is 25.7 Å². The van der Waals surface area contributed by atoms with Crippen LogP contribution in [0.5, 0.6) is 0 Å². The molecule has 0 aromatic rings. The lowest BCUT2D eigenvalue weighted by atomic mass is 10.1. The Hall–Kier alpha value is -0.170. The zero-order valence-electron chi connectivity index (χ0n) is 10.7. The average Bonchev–Trinajstić information content (AvgIpc) is 2.83. The van der Waals surface area contributed by atoms with E-state index in [-0.39, 0.29) is 5.25 Å². The molecule has 2 aliphatic heterocycles. The van der Waals surface area contributed by atoms with Crippen molar-refractivity contribution in [1.29, 1.82) is 0 Å².